The fourth-order valence-electron chi connectivity index (χ4n) is 3.93. The van der Waals surface area contributed by atoms with Crippen LogP contribution in [0.25, 0.3) is 33.2 Å². The van der Waals surface area contributed by atoms with Gasteiger partial charge < -0.3 is 15.0 Å². The molecule has 0 saturated heterocycles. The maximum absolute atomic E-state index is 13.2. The molecule has 2 aromatic carbocycles. The van der Waals surface area contributed by atoms with E-state index in [1.807, 2.05) is 12.1 Å². The second kappa shape index (κ2) is 8.72. The number of benzene rings is 2. The summed E-state index contributed by atoms with van der Waals surface area (Å²) >= 11 is 6.24. The van der Waals surface area contributed by atoms with Gasteiger partial charge in [0.2, 0.25) is 5.95 Å². The van der Waals surface area contributed by atoms with Crippen LogP contribution < -0.4 is 4.90 Å². The number of nitro groups is 1. The zero-order chi connectivity index (χ0) is 25.6. The summed E-state index contributed by atoms with van der Waals surface area (Å²) in [6.45, 7) is 1.93. The largest absolute Gasteiger partial charge is 0.416 e. The Morgan fingerprint density at radius 1 is 1.08 bits per heavy atom. The first kappa shape index (κ1) is 23.4. The first-order chi connectivity index (χ1) is 17.2. The highest BCUT2D eigenvalue weighted by Crippen LogP contribution is 2.39. The van der Waals surface area contributed by atoms with Crippen molar-refractivity contribution in [2.75, 3.05) is 11.4 Å². The Hall–Kier alpha value is -4.32. The van der Waals surface area contributed by atoms with Gasteiger partial charge in [-0.15, -0.1) is 5.10 Å². The van der Waals surface area contributed by atoms with E-state index in [1.54, 1.807) is 31.3 Å². The number of aromatic amines is 1. The molecule has 0 fully saturated rings. The molecule has 3 aromatic heterocycles. The van der Waals surface area contributed by atoms with E-state index in [1.165, 1.54) is 11.0 Å². The summed E-state index contributed by atoms with van der Waals surface area (Å²) < 4.78 is 39.5. The lowest BCUT2D eigenvalue weighted by Crippen LogP contribution is -2.20. The zero-order valence-electron chi connectivity index (χ0n) is 18.4. The Morgan fingerprint density at radius 3 is 2.56 bits per heavy atom. The minimum Gasteiger partial charge on any atom is -0.358 e. The Bertz CT molecular complexity index is 1630. The number of hydrogen-bond acceptors (Lipinski definition) is 7. The number of aromatic nitrogens is 5. The highest BCUT2D eigenvalue weighted by Gasteiger charge is 2.32. The average Bonchev–Trinajstić information content (AvgIpc) is 3.28. The van der Waals surface area contributed by atoms with Crippen molar-refractivity contribution in [2.45, 2.75) is 13.1 Å². The topological polar surface area (TPSA) is 114 Å². The van der Waals surface area contributed by atoms with Crippen LogP contribution in [0.3, 0.4) is 0 Å². The number of halogens is 4. The molecular weight excluding hydrogens is 499 g/mol. The molecule has 0 aliphatic carbocycles. The molecule has 0 aliphatic heterocycles. The summed E-state index contributed by atoms with van der Waals surface area (Å²) in [5.74, 6) is -0.447. The molecule has 1 N–H and O–H groups in total. The van der Waals surface area contributed by atoms with Crippen LogP contribution in [0, 0.1) is 10.1 Å². The summed E-state index contributed by atoms with van der Waals surface area (Å²) in [6, 6.07) is 12.0. The van der Waals surface area contributed by atoms with E-state index in [0.29, 0.717) is 11.1 Å². The number of nitrogens with zero attached hydrogens (tertiary/aromatic N) is 6. The van der Waals surface area contributed by atoms with Gasteiger partial charge in [-0.25, -0.2) is 9.97 Å². The van der Waals surface area contributed by atoms with Crippen molar-refractivity contribution in [1.29, 1.82) is 0 Å². The molecule has 0 aliphatic rings. The number of alkyl halides is 3. The molecule has 5 rings (SSSR count). The van der Waals surface area contributed by atoms with E-state index in [9.17, 15) is 23.3 Å². The van der Waals surface area contributed by atoms with Crippen molar-refractivity contribution in [1.82, 2.24) is 25.1 Å². The summed E-state index contributed by atoms with van der Waals surface area (Å²) in [5, 5.41) is 18.8. The van der Waals surface area contributed by atoms with Gasteiger partial charge in [-0.05, 0) is 36.1 Å². The van der Waals surface area contributed by atoms with Crippen LogP contribution in [0.4, 0.5) is 30.6 Å². The van der Waals surface area contributed by atoms with E-state index in [0.717, 1.165) is 17.5 Å². The second-order valence-corrected chi connectivity index (χ2v) is 8.09. The van der Waals surface area contributed by atoms with Gasteiger partial charge in [0, 0.05) is 23.7 Å². The van der Waals surface area contributed by atoms with Crippen LogP contribution in [0.5, 0.6) is 0 Å². The van der Waals surface area contributed by atoms with Crippen LogP contribution in [0.15, 0.2) is 54.7 Å². The summed E-state index contributed by atoms with van der Waals surface area (Å²) in [6.07, 6.45) is -2.96. The van der Waals surface area contributed by atoms with Crippen molar-refractivity contribution in [2.24, 2.45) is 0 Å². The summed E-state index contributed by atoms with van der Waals surface area (Å²) in [4.78, 5) is 25.9. The Labute approximate surface area is 205 Å². The van der Waals surface area contributed by atoms with Crippen LogP contribution in [-0.4, -0.2) is 36.6 Å². The number of fused-ring (bicyclic) bond motifs is 2. The molecule has 0 unspecified atom stereocenters. The molecule has 13 heteroatoms. The van der Waals surface area contributed by atoms with Crippen molar-refractivity contribution in [3.8, 4) is 11.3 Å². The van der Waals surface area contributed by atoms with Crippen molar-refractivity contribution in [3.63, 3.8) is 0 Å². The lowest BCUT2D eigenvalue weighted by Gasteiger charge is -2.23. The van der Waals surface area contributed by atoms with Crippen molar-refractivity contribution >= 4 is 51.0 Å². The number of anilines is 2. The van der Waals surface area contributed by atoms with E-state index in [-0.39, 0.29) is 39.9 Å². The van der Waals surface area contributed by atoms with Gasteiger partial charge in [0.1, 0.15) is 5.69 Å². The number of hydrogen-bond donors (Lipinski definition) is 1. The SMILES string of the molecule is CCN(c1nc(-c2cccc3cccnc23)c2n[nH]c([N+](=O)[O-])c2n1)c1ccc(C(F)(F)F)cc1Cl. The Morgan fingerprint density at radius 2 is 1.86 bits per heavy atom. The average molecular weight is 514 g/mol. The molecule has 182 valence electrons. The second-order valence-electron chi connectivity index (χ2n) is 7.69. The fourth-order valence-corrected chi connectivity index (χ4v) is 4.21. The molecule has 0 saturated carbocycles. The first-order valence-corrected chi connectivity index (χ1v) is 11.0. The van der Waals surface area contributed by atoms with E-state index >= 15 is 0 Å². The maximum atomic E-state index is 13.2. The van der Waals surface area contributed by atoms with E-state index < -0.39 is 22.5 Å². The van der Waals surface area contributed by atoms with Gasteiger partial charge in [0.05, 0.1) is 21.8 Å². The molecule has 9 nitrogen and oxygen atoms in total. The summed E-state index contributed by atoms with van der Waals surface area (Å²) in [5.41, 5.74) is 0.805. The van der Waals surface area contributed by atoms with Crippen LogP contribution >= 0.6 is 11.6 Å². The number of pyridine rings is 1. The quantitative estimate of drug-likeness (QED) is 0.216. The third-order valence-corrected chi connectivity index (χ3v) is 5.87. The van der Waals surface area contributed by atoms with Crippen molar-refractivity contribution < 1.29 is 18.1 Å². The molecule has 0 atom stereocenters. The molecule has 36 heavy (non-hydrogen) atoms. The highest BCUT2D eigenvalue weighted by atomic mass is 35.5. The van der Waals surface area contributed by atoms with Gasteiger partial charge in [0.15, 0.2) is 11.0 Å². The van der Waals surface area contributed by atoms with Gasteiger partial charge in [-0.3, -0.25) is 4.98 Å². The van der Waals surface area contributed by atoms with Gasteiger partial charge in [-0.1, -0.05) is 41.0 Å². The third-order valence-electron chi connectivity index (χ3n) is 5.56. The summed E-state index contributed by atoms with van der Waals surface area (Å²) in [7, 11) is 0. The number of H-pyrrole nitrogens is 1. The monoisotopic (exact) mass is 513 g/mol. The van der Waals surface area contributed by atoms with Crippen LogP contribution in [0.1, 0.15) is 12.5 Å². The van der Waals surface area contributed by atoms with E-state index in [2.05, 4.69) is 25.1 Å². The molecule has 5 aromatic rings. The number of nitrogens with one attached hydrogen (secondary N) is 1. The van der Waals surface area contributed by atoms with Crippen LogP contribution in [-0.2, 0) is 6.18 Å². The predicted molar refractivity (Wildman–Crippen MR) is 128 cm³/mol. The molecule has 0 radical (unpaired) electrons. The normalized spacial score (nSPS) is 11.8. The molecule has 0 bridgehead atoms. The third kappa shape index (κ3) is 3.94. The lowest BCUT2D eigenvalue weighted by molar-refractivity contribution is -0.388. The van der Waals surface area contributed by atoms with E-state index in [4.69, 9.17) is 11.6 Å². The van der Waals surface area contributed by atoms with Gasteiger partial charge in [0.25, 0.3) is 0 Å². The molecular formula is C23H15ClF3N7O2. The maximum Gasteiger partial charge on any atom is 0.416 e. The Kier molecular flexibility index (Phi) is 5.67. The van der Waals surface area contributed by atoms with Gasteiger partial charge in [-0.2, -0.15) is 13.2 Å². The number of rotatable bonds is 5. The lowest BCUT2D eigenvalue weighted by atomic mass is 10.1. The van der Waals surface area contributed by atoms with Crippen LogP contribution in [0.2, 0.25) is 5.02 Å². The molecule has 0 spiro atoms. The fraction of sp³-hybridized carbons (Fsp3) is 0.130. The Balaban J connectivity index is 1.77. The first-order valence-electron chi connectivity index (χ1n) is 10.6. The van der Waals surface area contributed by atoms with Crippen molar-refractivity contribution in [3.05, 3.63) is 75.4 Å². The highest BCUT2D eigenvalue weighted by molar-refractivity contribution is 6.33. The zero-order valence-corrected chi connectivity index (χ0v) is 19.2. The molecule has 0 amide bonds. The molecule has 3 heterocycles. The van der Waals surface area contributed by atoms with Gasteiger partial charge >= 0.3 is 12.0 Å². The minimum atomic E-state index is -4.57. The standard InChI is InChI=1S/C23H15ClF3N7O2/c1-2-33(16-9-8-13(11-15(16)24)23(25,26)27)22-29-18(19-20(30-22)21(32-31-19)34(35)36)14-7-3-5-12-6-4-10-28-17(12)14/h3-11H,2H2,1H3,(H,31,32). The number of para-hydroxylation sites is 1. The smallest absolute Gasteiger partial charge is 0.358 e. The predicted octanol–water partition coefficient (Wildman–Crippen LogP) is 6.31. The minimum absolute atomic E-state index is 0.000840.